The van der Waals surface area contributed by atoms with Crippen LogP contribution in [0.5, 0.6) is 0 Å². The Kier molecular flexibility index (Phi) is 4.90. The van der Waals surface area contributed by atoms with Gasteiger partial charge in [-0.2, -0.15) is 0 Å². The van der Waals surface area contributed by atoms with Crippen LogP contribution in [0.4, 0.5) is 0 Å². The van der Waals surface area contributed by atoms with Gasteiger partial charge in [0.1, 0.15) is 0 Å². The molecule has 1 saturated heterocycles. The second-order valence-electron chi connectivity index (χ2n) is 4.09. The summed E-state index contributed by atoms with van der Waals surface area (Å²) in [6.45, 7) is 8.60. The van der Waals surface area contributed by atoms with Gasteiger partial charge in [-0.3, -0.25) is 9.69 Å². The van der Waals surface area contributed by atoms with Gasteiger partial charge in [-0.15, -0.1) is 0 Å². The highest BCUT2D eigenvalue weighted by atomic mass is 16.2. The molecule has 0 aliphatic carbocycles. The van der Waals surface area contributed by atoms with E-state index in [-0.39, 0.29) is 5.91 Å². The second-order valence-corrected chi connectivity index (χ2v) is 4.09. The van der Waals surface area contributed by atoms with Gasteiger partial charge in [0, 0.05) is 32.2 Å². The van der Waals surface area contributed by atoms with Crippen LogP contribution < -0.4 is 10.6 Å². The summed E-state index contributed by atoms with van der Waals surface area (Å²) in [5.41, 5.74) is 0. The van der Waals surface area contributed by atoms with E-state index in [9.17, 15) is 4.79 Å². The zero-order valence-corrected chi connectivity index (χ0v) is 9.18. The number of hydrogen-bond donors (Lipinski definition) is 2. The van der Waals surface area contributed by atoms with Gasteiger partial charge in [-0.05, 0) is 6.42 Å². The summed E-state index contributed by atoms with van der Waals surface area (Å²) in [4.78, 5) is 13.4. The Labute approximate surface area is 86.0 Å². The Morgan fingerprint density at radius 1 is 1.57 bits per heavy atom. The van der Waals surface area contributed by atoms with Gasteiger partial charge in [0.25, 0.3) is 0 Å². The molecule has 0 aromatic rings. The van der Waals surface area contributed by atoms with Crippen molar-refractivity contribution in [2.75, 3.05) is 32.7 Å². The summed E-state index contributed by atoms with van der Waals surface area (Å²) in [6.07, 6.45) is 1.06. The molecule has 0 aromatic heterocycles. The lowest BCUT2D eigenvalue weighted by molar-refractivity contribution is -0.121. The molecule has 1 rings (SSSR count). The van der Waals surface area contributed by atoms with E-state index in [2.05, 4.69) is 29.4 Å². The third-order valence-electron chi connectivity index (χ3n) is 2.32. The third kappa shape index (κ3) is 4.58. The van der Waals surface area contributed by atoms with E-state index in [1.807, 2.05) is 0 Å². The van der Waals surface area contributed by atoms with E-state index in [1.165, 1.54) is 0 Å². The van der Waals surface area contributed by atoms with Gasteiger partial charge < -0.3 is 10.6 Å². The van der Waals surface area contributed by atoms with E-state index < -0.39 is 0 Å². The molecule has 1 aliphatic heterocycles. The minimum Gasteiger partial charge on any atom is -0.355 e. The average molecular weight is 199 g/mol. The topological polar surface area (TPSA) is 44.4 Å². The lowest BCUT2D eigenvalue weighted by Gasteiger charge is -2.19. The molecule has 0 bridgehead atoms. The van der Waals surface area contributed by atoms with Gasteiger partial charge in [0.15, 0.2) is 0 Å². The first-order valence-electron chi connectivity index (χ1n) is 5.41. The van der Waals surface area contributed by atoms with E-state index in [0.717, 1.165) is 32.6 Å². The quantitative estimate of drug-likeness (QED) is 0.659. The molecule has 4 heteroatoms. The Hall–Kier alpha value is -0.610. The van der Waals surface area contributed by atoms with Crippen LogP contribution in [-0.4, -0.2) is 49.6 Å². The lowest BCUT2D eigenvalue weighted by Crippen LogP contribution is -2.38. The van der Waals surface area contributed by atoms with Gasteiger partial charge in [-0.1, -0.05) is 13.8 Å². The number of amides is 1. The van der Waals surface area contributed by atoms with Crippen molar-refractivity contribution in [3.8, 4) is 0 Å². The molecule has 0 radical (unpaired) electrons. The number of rotatable bonds is 4. The summed E-state index contributed by atoms with van der Waals surface area (Å²) in [5.74, 6) is 0.159. The Balaban J connectivity index is 2.18. The summed E-state index contributed by atoms with van der Waals surface area (Å²) in [7, 11) is 0. The molecule has 82 valence electrons. The smallest absolute Gasteiger partial charge is 0.234 e. The van der Waals surface area contributed by atoms with Crippen LogP contribution in [0.1, 0.15) is 20.3 Å². The molecule has 1 aliphatic rings. The molecule has 4 nitrogen and oxygen atoms in total. The largest absolute Gasteiger partial charge is 0.355 e. The van der Waals surface area contributed by atoms with E-state index >= 15 is 0 Å². The molecule has 1 fully saturated rings. The Morgan fingerprint density at radius 2 is 2.36 bits per heavy atom. The van der Waals surface area contributed by atoms with Crippen molar-refractivity contribution in [1.29, 1.82) is 0 Å². The van der Waals surface area contributed by atoms with E-state index in [1.54, 1.807) is 0 Å². The van der Waals surface area contributed by atoms with Crippen LogP contribution in [-0.2, 0) is 4.79 Å². The molecular weight excluding hydrogens is 178 g/mol. The highest BCUT2D eigenvalue weighted by Gasteiger charge is 2.13. The van der Waals surface area contributed by atoms with Gasteiger partial charge in [0.05, 0.1) is 6.54 Å². The number of carbonyl (C=O) groups is 1. The molecular formula is C10H21N3O. The number of nitrogens with one attached hydrogen (secondary N) is 2. The van der Waals surface area contributed by atoms with Crippen LogP contribution >= 0.6 is 0 Å². The maximum atomic E-state index is 11.2. The van der Waals surface area contributed by atoms with Crippen molar-refractivity contribution in [3.05, 3.63) is 0 Å². The fraction of sp³-hybridized carbons (Fsp3) is 0.900. The highest BCUT2D eigenvalue weighted by molar-refractivity contribution is 5.78. The standard InChI is InChI=1S/C10H21N3O/c1-9(2)11-5-7-13-6-3-4-12-10(14)8-13/h9,11H,3-8H2,1-2H3,(H,12,14). The molecule has 0 atom stereocenters. The predicted molar refractivity (Wildman–Crippen MR) is 57.2 cm³/mol. The molecule has 1 amide bonds. The van der Waals surface area contributed by atoms with E-state index in [0.29, 0.717) is 12.6 Å². The van der Waals surface area contributed by atoms with Crippen molar-refractivity contribution < 1.29 is 4.79 Å². The first-order chi connectivity index (χ1) is 6.68. The minimum atomic E-state index is 0.159. The van der Waals surface area contributed by atoms with E-state index in [4.69, 9.17) is 0 Å². The molecule has 0 aromatic carbocycles. The Morgan fingerprint density at radius 3 is 3.07 bits per heavy atom. The van der Waals surface area contributed by atoms with Crippen LogP contribution in [0.15, 0.2) is 0 Å². The Bertz CT molecular complexity index is 182. The van der Waals surface area contributed by atoms with Crippen molar-refractivity contribution in [2.24, 2.45) is 0 Å². The van der Waals surface area contributed by atoms with Gasteiger partial charge in [-0.25, -0.2) is 0 Å². The molecule has 0 spiro atoms. The molecule has 2 N–H and O–H groups in total. The fourth-order valence-corrected chi connectivity index (χ4v) is 1.57. The maximum absolute atomic E-state index is 11.2. The molecule has 1 heterocycles. The zero-order chi connectivity index (χ0) is 10.4. The SMILES string of the molecule is CC(C)NCCN1CCCNC(=O)C1. The average Bonchev–Trinajstić information content (AvgIpc) is 2.29. The fourth-order valence-electron chi connectivity index (χ4n) is 1.57. The number of hydrogen-bond acceptors (Lipinski definition) is 3. The summed E-state index contributed by atoms with van der Waals surface area (Å²) < 4.78 is 0. The van der Waals surface area contributed by atoms with Crippen molar-refractivity contribution in [2.45, 2.75) is 26.3 Å². The summed E-state index contributed by atoms with van der Waals surface area (Å²) in [5, 5.41) is 6.23. The second kappa shape index (κ2) is 5.98. The normalized spacial score (nSPS) is 19.5. The monoisotopic (exact) mass is 199 g/mol. The van der Waals surface area contributed by atoms with Crippen LogP contribution in [0, 0.1) is 0 Å². The molecule has 0 unspecified atom stereocenters. The first kappa shape index (κ1) is 11.5. The number of carbonyl (C=O) groups excluding carboxylic acids is 1. The van der Waals surface area contributed by atoms with Crippen molar-refractivity contribution in [3.63, 3.8) is 0 Å². The maximum Gasteiger partial charge on any atom is 0.234 e. The van der Waals surface area contributed by atoms with Crippen LogP contribution in [0.25, 0.3) is 0 Å². The highest BCUT2D eigenvalue weighted by Crippen LogP contribution is 1.94. The summed E-state index contributed by atoms with van der Waals surface area (Å²) in [6, 6.07) is 0.524. The molecule has 0 saturated carbocycles. The zero-order valence-electron chi connectivity index (χ0n) is 9.18. The summed E-state index contributed by atoms with van der Waals surface area (Å²) >= 11 is 0. The number of nitrogens with zero attached hydrogens (tertiary/aromatic N) is 1. The third-order valence-corrected chi connectivity index (χ3v) is 2.32. The molecule has 14 heavy (non-hydrogen) atoms. The van der Waals surface area contributed by atoms with Crippen LogP contribution in [0.3, 0.4) is 0 Å². The van der Waals surface area contributed by atoms with Crippen LogP contribution in [0.2, 0.25) is 0 Å². The lowest BCUT2D eigenvalue weighted by atomic mass is 10.3. The van der Waals surface area contributed by atoms with Gasteiger partial charge >= 0.3 is 0 Å². The first-order valence-corrected chi connectivity index (χ1v) is 5.41. The minimum absolute atomic E-state index is 0.159. The van der Waals surface area contributed by atoms with Crippen molar-refractivity contribution >= 4 is 5.91 Å². The predicted octanol–water partition coefficient (Wildman–Crippen LogP) is -0.194. The van der Waals surface area contributed by atoms with Crippen molar-refractivity contribution in [1.82, 2.24) is 15.5 Å². The van der Waals surface area contributed by atoms with Gasteiger partial charge in [0.2, 0.25) is 5.91 Å².